The molecule has 2 heterocycles. The van der Waals surface area contributed by atoms with Gasteiger partial charge in [-0.25, -0.2) is 0 Å². The van der Waals surface area contributed by atoms with Crippen molar-refractivity contribution in [3.8, 4) is 5.75 Å². The maximum absolute atomic E-state index is 5.44. The van der Waals surface area contributed by atoms with Crippen LogP contribution < -0.4 is 10.1 Å². The lowest BCUT2D eigenvalue weighted by atomic mass is 9.89. The van der Waals surface area contributed by atoms with Gasteiger partial charge in [-0.3, -0.25) is 4.68 Å². The van der Waals surface area contributed by atoms with Crippen LogP contribution in [-0.4, -0.2) is 23.4 Å². The molecule has 1 aromatic heterocycles. The molecule has 1 unspecified atom stereocenters. The van der Waals surface area contributed by atoms with E-state index in [0.717, 1.165) is 25.3 Å². The van der Waals surface area contributed by atoms with E-state index in [0.29, 0.717) is 0 Å². The summed E-state index contributed by atoms with van der Waals surface area (Å²) >= 11 is 0. The molecule has 0 aliphatic carbocycles. The predicted molar refractivity (Wildman–Crippen MR) is 63.7 cm³/mol. The van der Waals surface area contributed by atoms with Crippen LogP contribution in [0.1, 0.15) is 38.8 Å². The minimum Gasteiger partial charge on any atom is -0.493 e. The number of aryl methyl sites for hydroxylation is 1. The molecule has 0 saturated carbocycles. The number of hydrogen-bond donors (Lipinski definition) is 1. The highest BCUT2D eigenvalue weighted by molar-refractivity contribution is 5.33. The van der Waals surface area contributed by atoms with Crippen molar-refractivity contribution >= 4 is 0 Å². The molecule has 16 heavy (non-hydrogen) atoms. The Kier molecular flexibility index (Phi) is 3.19. The third-order valence-electron chi connectivity index (χ3n) is 3.63. The normalized spacial score (nSPS) is 24.9. The van der Waals surface area contributed by atoms with E-state index in [9.17, 15) is 0 Å². The minimum atomic E-state index is 0.0673. The maximum atomic E-state index is 5.44. The second kappa shape index (κ2) is 4.45. The Labute approximate surface area is 97.0 Å². The van der Waals surface area contributed by atoms with Crippen LogP contribution in [0.25, 0.3) is 0 Å². The van der Waals surface area contributed by atoms with E-state index < -0.39 is 0 Å². The molecule has 1 aliphatic rings. The average molecular weight is 223 g/mol. The lowest BCUT2D eigenvalue weighted by Crippen LogP contribution is -2.38. The van der Waals surface area contributed by atoms with Gasteiger partial charge in [-0.15, -0.1) is 0 Å². The molecule has 0 aromatic carbocycles. The molecular weight excluding hydrogens is 202 g/mol. The summed E-state index contributed by atoms with van der Waals surface area (Å²) in [6.07, 6.45) is 5.31. The molecule has 1 N–H and O–H groups in total. The van der Waals surface area contributed by atoms with Crippen molar-refractivity contribution in [1.82, 2.24) is 15.1 Å². The summed E-state index contributed by atoms with van der Waals surface area (Å²) in [5.41, 5.74) is 1.29. The molecule has 90 valence electrons. The van der Waals surface area contributed by atoms with Crippen LogP contribution in [0.3, 0.4) is 0 Å². The Morgan fingerprint density at radius 2 is 2.38 bits per heavy atom. The molecule has 0 amide bonds. The van der Waals surface area contributed by atoms with E-state index in [4.69, 9.17) is 4.74 Å². The van der Waals surface area contributed by atoms with Gasteiger partial charge in [-0.05, 0) is 32.7 Å². The molecule has 0 radical (unpaired) electrons. The Hall–Kier alpha value is -1.03. The number of methoxy groups -OCH3 is 1. The van der Waals surface area contributed by atoms with Crippen LogP contribution in [0.2, 0.25) is 0 Å². The van der Waals surface area contributed by atoms with Gasteiger partial charge in [0, 0.05) is 6.54 Å². The van der Waals surface area contributed by atoms with Crippen molar-refractivity contribution in [1.29, 1.82) is 0 Å². The van der Waals surface area contributed by atoms with Gasteiger partial charge in [0.15, 0.2) is 5.75 Å². The van der Waals surface area contributed by atoms with Gasteiger partial charge in [-0.2, -0.15) is 5.10 Å². The topological polar surface area (TPSA) is 39.1 Å². The van der Waals surface area contributed by atoms with Gasteiger partial charge in [0.25, 0.3) is 0 Å². The first-order chi connectivity index (χ1) is 7.77. The molecule has 4 heteroatoms. The summed E-state index contributed by atoms with van der Waals surface area (Å²) in [5, 5.41) is 8.03. The largest absolute Gasteiger partial charge is 0.493 e. The number of hydrogen-bond acceptors (Lipinski definition) is 3. The van der Waals surface area contributed by atoms with Crippen molar-refractivity contribution < 1.29 is 4.74 Å². The predicted octanol–water partition coefficient (Wildman–Crippen LogP) is 1.90. The highest BCUT2D eigenvalue weighted by Gasteiger charge is 2.38. The second-order valence-electron chi connectivity index (χ2n) is 4.34. The summed E-state index contributed by atoms with van der Waals surface area (Å²) in [5.74, 6) is 0.915. The van der Waals surface area contributed by atoms with E-state index in [1.54, 1.807) is 7.11 Å². The summed E-state index contributed by atoms with van der Waals surface area (Å²) < 4.78 is 7.50. The molecule has 1 saturated heterocycles. The van der Waals surface area contributed by atoms with Crippen LogP contribution >= 0.6 is 0 Å². The van der Waals surface area contributed by atoms with E-state index in [2.05, 4.69) is 28.9 Å². The molecular formula is C12H21N3O. The third kappa shape index (κ3) is 1.61. The highest BCUT2D eigenvalue weighted by Crippen LogP contribution is 2.38. The van der Waals surface area contributed by atoms with Crippen LogP contribution in [0.5, 0.6) is 5.75 Å². The zero-order chi connectivity index (χ0) is 11.6. The summed E-state index contributed by atoms with van der Waals surface area (Å²) in [4.78, 5) is 0. The van der Waals surface area contributed by atoms with Crippen LogP contribution in [0, 0.1) is 0 Å². The van der Waals surface area contributed by atoms with Crippen molar-refractivity contribution in [2.45, 2.75) is 45.2 Å². The van der Waals surface area contributed by atoms with Crippen molar-refractivity contribution in [2.75, 3.05) is 13.7 Å². The van der Waals surface area contributed by atoms with E-state index >= 15 is 0 Å². The molecule has 4 nitrogen and oxygen atoms in total. The minimum absolute atomic E-state index is 0.0673. The smallest absolute Gasteiger partial charge is 0.161 e. The third-order valence-corrected chi connectivity index (χ3v) is 3.63. The van der Waals surface area contributed by atoms with Gasteiger partial charge in [-0.1, -0.05) is 6.92 Å². The molecule has 1 fully saturated rings. The average Bonchev–Trinajstić information content (AvgIpc) is 2.95. The SMILES string of the molecule is CCn1ncc(OC)c1C1(CC)CCCN1. The Balaban J connectivity index is 2.46. The number of aromatic nitrogens is 2. The first-order valence-electron chi connectivity index (χ1n) is 6.12. The highest BCUT2D eigenvalue weighted by atomic mass is 16.5. The van der Waals surface area contributed by atoms with E-state index in [1.165, 1.54) is 18.5 Å². The van der Waals surface area contributed by atoms with Crippen molar-refractivity contribution in [3.05, 3.63) is 11.9 Å². The fourth-order valence-corrected chi connectivity index (χ4v) is 2.72. The van der Waals surface area contributed by atoms with Crippen LogP contribution in [0.15, 0.2) is 6.20 Å². The van der Waals surface area contributed by atoms with E-state index in [1.807, 2.05) is 6.20 Å². The first-order valence-corrected chi connectivity index (χ1v) is 6.12. The molecule has 1 aromatic rings. The van der Waals surface area contributed by atoms with Gasteiger partial charge in [0.2, 0.25) is 0 Å². The Bertz CT molecular complexity index is 332. The fourth-order valence-electron chi connectivity index (χ4n) is 2.72. The van der Waals surface area contributed by atoms with Crippen LogP contribution in [-0.2, 0) is 12.1 Å². The van der Waals surface area contributed by atoms with Gasteiger partial charge < -0.3 is 10.1 Å². The lowest BCUT2D eigenvalue weighted by Gasteiger charge is -2.29. The van der Waals surface area contributed by atoms with Crippen molar-refractivity contribution in [2.24, 2.45) is 0 Å². The fraction of sp³-hybridized carbons (Fsp3) is 0.750. The van der Waals surface area contributed by atoms with Crippen LogP contribution in [0.4, 0.5) is 0 Å². The number of nitrogens with one attached hydrogen (secondary N) is 1. The monoisotopic (exact) mass is 223 g/mol. The zero-order valence-corrected chi connectivity index (χ0v) is 10.4. The molecule has 0 bridgehead atoms. The molecule has 1 aliphatic heterocycles. The maximum Gasteiger partial charge on any atom is 0.161 e. The standard InChI is InChI=1S/C12H21N3O/c1-4-12(7-6-8-13-12)11-10(16-3)9-14-15(11)5-2/h9,13H,4-8H2,1-3H3. The molecule has 2 rings (SSSR count). The second-order valence-corrected chi connectivity index (χ2v) is 4.34. The Morgan fingerprint density at radius 1 is 1.56 bits per heavy atom. The molecule has 0 spiro atoms. The first kappa shape index (κ1) is 11.5. The number of ether oxygens (including phenoxy) is 1. The van der Waals surface area contributed by atoms with Crippen molar-refractivity contribution in [3.63, 3.8) is 0 Å². The summed E-state index contributed by atoms with van der Waals surface area (Å²) in [7, 11) is 1.72. The van der Waals surface area contributed by atoms with Gasteiger partial charge in [0.1, 0.15) is 5.69 Å². The zero-order valence-electron chi connectivity index (χ0n) is 10.4. The molecule has 1 atom stereocenters. The summed E-state index contributed by atoms with van der Waals surface area (Å²) in [6, 6.07) is 0. The lowest BCUT2D eigenvalue weighted by molar-refractivity contribution is 0.318. The number of nitrogens with zero attached hydrogens (tertiary/aromatic N) is 2. The van der Waals surface area contributed by atoms with Gasteiger partial charge >= 0.3 is 0 Å². The van der Waals surface area contributed by atoms with E-state index in [-0.39, 0.29) is 5.54 Å². The van der Waals surface area contributed by atoms with Gasteiger partial charge in [0.05, 0.1) is 18.8 Å². The summed E-state index contributed by atoms with van der Waals surface area (Å²) in [6.45, 7) is 6.33. The number of rotatable bonds is 4. The Morgan fingerprint density at radius 3 is 2.88 bits per heavy atom. The quantitative estimate of drug-likeness (QED) is 0.847.